The summed E-state index contributed by atoms with van der Waals surface area (Å²) in [5.41, 5.74) is 5.79. The zero-order valence-corrected chi connectivity index (χ0v) is 10.2. The van der Waals surface area contributed by atoms with Crippen LogP contribution in [0.2, 0.25) is 0 Å². The van der Waals surface area contributed by atoms with Gasteiger partial charge in [-0.1, -0.05) is 6.07 Å². The minimum Gasteiger partial charge on any atom is -0.298 e. The number of anilines is 1. The number of hydrazine groups is 1. The minimum absolute atomic E-state index is 0.271. The summed E-state index contributed by atoms with van der Waals surface area (Å²) in [7, 11) is 0. The van der Waals surface area contributed by atoms with Crippen LogP contribution in [-0.2, 0) is 4.79 Å². The van der Waals surface area contributed by atoms with Gasteiger partial charge in [-0.3, -0.25) is 15.6 Å². The summed E-state index contributed by atoms with van der Waals surface area (Å²) in [5, 5.41) is 1.94. The van der Waals surface area contributed by atoms with Gasteiger partial charge in [-0.2, -0.15) is 0 Å². The number of amides is 1. The lowest BCUT2D eigenvalue weighted by Gasteiger charge is -2.05. The second-order valence-corrected chi connectivity index (χ2v) is 4.45. The maximum atomic E-state index is 12.6. The standard InChI is InChI=1S/C13H11FN2OS/c14-10-3-5-11(6-4-10)15-16-13(17)8-7-12-2-1-9-18-12/h1-9,15H,(H,16,17). The molecule has 0 saturated heterocycles. The molecule has 0 bridgehead atoms. The Morgan fingerprint density at radius 2 is 2.00 bits per heavy atom. The van der Waals surface area contributed by atoms with Crippen LogP contribution >= 0.6 is 11.3 Å². The van der Waals surface area contributed by atoms with E-state index >= 15 is 0 Å². The highest BCUT2D eigenvalue weighted by Gasteiger charge is 1.96. The predicted octanol–water partition coefficient (Wildman–Crippen LogP) is 3.04. The Kier molecular flexibility index (Phi) is 4.09. The molecule has 3 nitrogen and oxygen atoms in total. The molecule has 0 radical (unpaired) electrons. The first-order valence-corrected chi connectivity index (χ1v) is 6.15. The smallest absolute Gasteiger partial charge is 0.262 e. The lowest BCUT2D eigenvalue weighted by Crippen LogP contribution is -2.27. The number of nitrogens with one attached hydrogen (secondary N) is 2. The summed E-state index contributed by atoms with van der Waals surface area (Å²) >= 11 is 1.55. The molecule has 2 N–H and O–H groups in total. The maximum absolute atomic E-state index is 12.6. The Hall–Kier alpha value is -2.14. The fourth-order valence-electron chi connectivity index (χ4n) is 1.25. The van der Waals surface area contributed by atoms with E-state index in [9.17, 15) is 9.18 Å². The normalized spacial score (nSPS) is 10.5. The maximum Gasteiger partial charge on any atom is 0.262 e. The highest BCUT2D eigenvalue weighted by molar-refractivity contribution is 7.10. The molecule has 18 heavy (non-hydrogen) atoms. The number of carbonyl (C=O) groups excluding carboxylic acids is 1. The van der Waals surface area contributed by atoms with E-state index in [2.05, 4.69) is 10.9 Å². The molecule has 5 heteroatoms. The van der Waals surface area contributed by atoms with E-state index in [0.29, 0.717) is 5.69 Å². The second kappa shape index (κ2) is 5.97. The Morgan fingerprint density at radius 1 is 1.22 bits per heavy atom. The average Bonchev–Trinajstić information content (AvgIpc) is 2.89. The van der Waals surface area contributed by atoms with Crippen molar-refractivity contribution in [3.05, 3.63) is 58.5 Å². The van der Waals surface area contributed by atoms with Crippen molar-refractivity contribution in [2.24, 2.45) is 0 Å². The molecular formula is C13H11FN2OS. The van der Waals surface area contributed by atoms with Gasteiger partial charge in [0.05, 0.1) is 5.69 Å². The molecule has 2 rings (SSSR count). The number of hydrogen-bond donors (Lipinski definition) is 2. The zero-order valence-electron chi connectivity index (χ0n) is 9.39. The number of benzene rings is 1. The lowest BCUT2D eigenvalue weighted by molar-refractivity contribution is -0.115. The monoisotopic (exact) mass is 262 g/mol. The van der Waals surface area contributed by atoms with Crippen LogP contribution in [0.5, 0.6) is 0 Å². The molecule has 1 aromatic heterocycles. The van der Waals surface area contributed by atoms with E-state index in [0.717, 1.165) is 4.88 Å². The molecule has 0 unspecified atom stereocenters. The highest BCUT2D eigenvalue weighted by atomic mass is 32.1. The molecule has 0 aliphatic rings. The van der Waals surface area contributed by atoms with Gasteiger partial charge in [0.25, 0.3) is 5.91 Å². The van der Waals surface area contributed by atoms with Crippen molar-refractivity contribution in [1.82, 2.24) is 5.43 Å². The quantitative estimate of drug-likeness (QED) is 0.657. The van der Waals surface area contributed by atoms with Crippen LogP contribution < -0.4 is 10.9 Å². The van der Waals surface area contributed by atoms with Crippen LogP contribution in [-0.4, -0.2) is 5.91 Å². The molecule has 1 heterocycles. The summed E-state index contributed by atoms with van der Waals surface area (Å²) in [4.78, 5) is 12.5. The molecule has 1 amide bonds. The van der Waals surface area contributed by atoms with Crippen LogP contribution in [0, 0.1) is 5.82 Å². The first kappa shape index (κ1) is 12.3. The molecule has 0 spiro atoms. The fraction of sp³-hybridized carbons (Fsp3) is 0. The first-order valence-electron chi connectivity index (χ1n) is 5.27. The molecule has 1 aromatic carbocycles. The van der Waals surface area contributed by atoms with Crippen LogP contribution in [0.25, 0.3) is 6.08 Å². The molecule has 0 aliphatic carbocycles. The molecule has 0 atom stereocenters. The molecule has 2 aromatic rings. The Bertz CT molecular complexity index is 535. The van der Waals surface area contributed by atoms with Gasteiger partial charge in [0.2, 0.25) is 0 Å². The van der Waals surface area contributed by atoms with Gasteiger partial charge in [0, 0.05) is 11.0 Å². The number of hydrogen-bond acceptors (Lipinski definition) is 3. The van der Waals surface area contributed by atoms with Crippen molar-refractivity contribution >= 4 is 29.0 Å². The van der Waals surface area contributed by atoms with Crippen molar-refractivity contribution in [1.29, 1.82) is 0 Å². The third-order valence-electron chi connectivity index (χ3n) is 2.12. The summed E-state index contributed by atoms with van der Waals surface area (Å²) in [6, 6.07) is 9.55. The van der Waals surface area contributed by atoms with Crippen molar-refractivity contribution in [3.63, 3.8) is 0 Å². The summed E-state index contributed by atoms with van der Waals surface area (Å²) in [6.07, 6.45) is 3.16. The molecule has 0 saturated carbocycles. The average molecular weight is 262 g/mol. The van der Waals surface area contributed by atoms with Crippen molar-refractivity contribution < 1.29 is 9.18 Å². The number of carbonyl (C=O) groups is 1. The number of halogens is 1. The number of rotatable bonds is 4. The van der Waals surface area contributed by atoms with Gasteiger partial charge in [0.1, 0.15) is 5.82 Å². The minimum atomic E-state index is -0.315. The highest BCUT2D eigenvalue weighted by Crippen LogP contribution is 2.10. The third kappa shape index (κ3) is 3.71. The van der Waals surface area contributed by atoms with E-state index in [1.54, 1.807) is 29.5 Å². The van der Waals surface area contributed by atoms with Crippen LogP contribution in [0.4, 0.5) is 10.1 Å². The topological polar surface area (TPSA) is 41.1 Å². The Balaban J connectivity index is 1.83. The van der Waals surface area contributed by atoms with Crippen molar-refractivity contribution in [2.45, 2.75) is 0 Å². The van der Waals surface area contributed by atoms with Crippen LogP contribution in [0.3, 0.4) is 0 Å². The van der Waals surface area contributed by atoms with Crippen molar-refractivity contribution in [2.75, 3.05) is 5.43 Å². The first-order chi connectivity index (χ1) is 8.74. The Morgan fingerprint density at radius 3 is 2.67 bits per heavy atom. The van der Waals surface area contributed by atoms with E-state index < -0.39 is 0 Å². The van der Waals surface area contributed by atoms with Crippen LogP contribution in [0.1, 0.15) is 4.88 Å². The van der Waals surface area contributed by atoms with E-state index in [4.69, 9.17) is 0 Å². The molecule has 0 aliphatic heterocycles. The van der Waals surface area contributed by atoms with Gasteiger partial charge in [-0.15, -0.1) is 11.3 Å². The van der Waals surface area contributed by atoms with Gasteiger partial charge < -0.3 is 0 Å². The van der Waals surface area contributed by atoms with Crippen molar-refractivity contribution in [3.8, 4) is 0 Å². The zero-order chi connectivity index (χ0) is 12.8. The van der Waals surface area contributed by atoms with E-state index in [1.807, 2.05) is 17.5 Å². The van der Waals surface area contributed by atoms with Gasteiger partial charge in [0.15, 0.2) is 0 Å². The summed E-state index contributed by atoms with van der Waals surface area (Å²) < 4.78 is 12.6. The summed E-state index contributed by atoms with van der Waals surface area (Å²) in [6.45, 7) is 0. The van der Waals surface area contributed by atoms with Gasteiger partial charge in [-0.05, 0) is 41.8 Å². The van der Waals surface area contributed by atoms with Crippen LogP contribution in [0.15, 0.2) is 47.9 Å². The second-order valence-electron chi connectivity index (χ2n) is 3.47. The van der Waals surface area contributed by atoms with E-state index in [-0.39, 0.29) is 11.7 Å². The Labute approximate surface area is 108 Å². The third-order valence-corrected chi connectivity index (χ3v) is 2.95. The van der Waals surface area contributed by atoms with E-state index in [1.165, 1.54) is 18.2 Å². The lowest BCUT2D eigenvalue weighted by atomic mass is 10.3. The fourth-order valence-corrected chi connectivity index (χ4v) is 1.87. The summed E-state index contributed by atoms with van der Waals surface area (Å²) in [5.74, 6) is -0.586. The molecular weight excluding hydrogens is 251 g/mol. The molecule has 0 fully saturated rings. The van der Waals surface area contributed by atoms with Gasteiger partial charge >= 0.3 is 0 Å². The SMILES string of the molecule is O=C(C=Cc1cccs1)NNc1ccc(F)cc1. The largest absolute Gasteiger partial charge is 0.298 e. The van der Waals surface area contributed by atoms with Gasteiger partial charge in [-0.25, -0.2) is 4.39 Å². The number of thiophene rings is 1. The molecule has 92 valence electrons. The predicted molar refractivity (Wildman–Crippen MR) is 71.5 cm³/mol.